The molecule has 1 N–H and O–H groups in total. The normalized spacial score (nSPS) is 13.6. The van der Waals surface area contributed by atoms with E-state index in [0.29, 0.717) is 0 Å². The highest BCUT2D eigenvalue weighted by atomic mass is 19.1. The molecule has 0 saturated carbocycles. The number of rotatable bonds is 2. The molecule has 21 heavy (non-hydrogen) atoms. The van der Waals surface area contributed by atoms with E-state index in [0.717, 1.165) is 35.4 Å². The minimum atomic E-state index is -0.191. The highest BCUT2D eigenvalue weighted by molar-refractivity contribution is 5.88. The maximum Gasteiger partial charge on any atom is 0.123 e. The smallest absolute Gasteiger partial charge is 0.123 e. The summed E-state index contributed by atoms with van der Waals surface area (Å²) in [6.07, 6.45) is 0. The van der Waals surface area contributed by atoms with Gasteiger partial charge in [-0.3, -0.25) is 0 Å². The number of hydrogen-bond acceptors (Lipinski definition) is 2. The number of nitrogens with one attached hydrogen (secondary N) is 1. The molecule has 2 heterocycles. The van der Waals surface area contributed by atoms with Crippen LogP contribution in [0.5, 0.6) is 5.75 Å². The summed E-state index contributed by atoms with van der Waals surface area (Å²) in [6, 6.07) is 12.9. The molecule has 106 valence electrons. The third kappa shape index (κ3) is 1.83. The predicted molar refractivity (Wildman–Crippen MR) is 80.3 cm³/mol. The van der Waals surface area contributed by atoms with Gasteiger partial charge in [0, 0.05) is 29.9 Å². The summed E-state index contributed by atoms with van der Waals surface area (Å²) in [5, 5.41) is 4.34. The fourth-order valence-electron chi connectivity index (χ4n) is 3.10. The Hall–Kier alpha value is -2.33. The first-order valence-corrected chi connectivity index (χ1v) is 6.95. The van der Waals surface area contributed by atoms with Crippen LogP contribution >= 0.6 is 0 Å². The molecule has 2 aromatic carbocycles. The summed E-state index contributed by atoms with van der Waals surface area (Å²) in [5.74, 6) is 0.639. The Morgan fingerprint density at radius 1 is 1.10 bits per heavy atom. The van der Waals surface area contributed by atoms with Crippen molar-refractivity contribution in [3.63, 3.8) is 0 Å². The van der Waals surface area contributed by atoms with Crippen molar-refractivity contribution in [3.05, 3.63) is 59.5 Å². The zero-order valence-electron chi connectivity index (χ0n) is 11.7. The van der Waals surface area contributed by atoms with Gasteiger partial charge in [-0.2, -0.15) is 0 Å². The van der Waals surface area contributed by atoms with E-state index in [-0.39, 0.29) is 5.82 Å². The van der Waals surface area contributed by atoms with Crippen LogP contribution in [0.25, 0.3) is 16.6 Å². The summed E-state index contributed by atoms with van der Waals surface area (Å²) in [7, 11) is 1.66. The van der Waals surface area contributed by atoms with Gasteiger partial charge in [0.25, 0.3) is 0 Å². The molecule has 0 fully saturated rings. The number of ether oxygens (including phenoxy) is 1. The molecule has 0 spiro atoms. The van der Waals surface area contributed by atoms with Gasteiger partial charge >= 0.3 is 0 Å². The minimum Gasteiger partial charge on any atom is -0.497 e. The maximum atomic E-state index is 13.6. The molecule has 0 unspecified atom stereocenters. The molecule has 3 aromatic rings. The van der Waals surface area contributed by atoms with Crippen molar-refractivity contribution >= 4 is 10.9 Å². The van der Waals surface area contributed by atoms with Crippen molar-refractivity contribution in [2.24, 2.45) is 0 Å². The number of benzene rings is 2. The highest BCUT2D eigenvalue weighted by Crippen LogP contribution is 2.33. The average molecular weight is 282 g/mol. The lowest BCUT2D eigenvalue weighted by Gasteiger charge is -2.10. The van der Waals surface area contributed by atoms with Crippen LogP contribution in [0.1, 0.15) is 11.3 Å². The molecular formula is C17H15FN2O. The Labute approximate surface area is 122 Å². The molecule has 1 aliphatic rings. The summed E-state index contributed by atoms with van der Waals surface area (Å²) in [4.78, 5) is 0. The maximum absolute atomic E-state index is 13.6. The molecule has 0 bridgehead atoms. The van der Waals surface area contributed by atoms with Gasteiger partial charge < -0.3 is 14.6 Å². The molecular weight excluding hydrogens is 267 g/mol. The first kappa shape index (κ1) is 12.4. The summed E-state index contributed by atoms with van der Waals surface area (Å²) in [6.45, 7) is 1.59. The first-order valence-electron chi connectivity index (χ1n) is 6.95. The Balaban J connectivity index is 1.99. The number of fused-ring (bicyclic) bond motifs is 3. The van der Waals surface area contributed by atoms with Crippen LogP contribution in [0.2, 0.25) is 0 Å². The van der Waals surface area contributed by atoms with Crippen LogP contribution in [-0.4, -0.2) is 11.7 Å². The molecule has 4 rings (SSSR count). The second kappa shape index (κ2) is 4.60. The van der Waals surface area contributed by atoms with Crippen LogP contribution in [-0.2, 0) is 13.1 Å². The SMILES string of the molecule is COc1ccc(-n2c3c(c4cc(F)ccc42)CNC3)cc1. The van der Waals surface area contributed by atoms with Crippen molar-refractivity contribution in [1.29, 1.82) is 0 Å². The Morgan fingerprint density at radius 3 is 2.67 bits per heavy atom. The van der Waals surface area contributed by atoms with Gasteiger partial charge in [0.2, 0.25) is 0 Å². The van der Waals surface area contributed by atoms with E-state index >= 15 is 0 Å². The van der Waals surface area contributed by atoms with Crippen molar-refractivity contribution in [2.75, 3.05) is 7.11 Å². The molecule has 0 amide bonds. The number of halogens is 1. The van der Waals surface area contributed by atoms with Gasteiger partial charge in [-0.15, -0.1) is 0 Å². The number of nitrogens with zero attached hydrogens (tertiary/aromatic N) is 1. The van der Waals surface area contributed by atoms with Crippen molar-refractivity contribution in [3.8, 4) is 11.4 Å². The quantitative estimate of drug-likeness (QED) is 0.780. The number of hydrogen-bond donors (Lipinski definition) is 1. The van der Waals surface area contributed by atoms with Gasteiger partial charge in [0.15, 0.2) is 0 Å². The van der Waals surface area contributed by atoms with E-state index in [1.807, 2.05) is 30.3 Å². The second-order valence-electron chi connectivity index (χ2n) is 5.22. The lowest BCUT2D eigenvalue weighted by Crippen LogP contribution is -2.06. The fourth-order valence-corrected chi connectivity index (χ4v) is 3.10. The van der Waals surface area contributed by atoms with Gasteiger partial charge in [0.05, 0.1) is 12.6 Å². The first-order chi connectivity index (χ1) is 10.3. The fraction of sp³-hybridized carbons (Fsp3) is 0.176. The van der Waals surface area contributed by atoms with Gasteiger partial charge in [0.1, 0.15) is 11.6 Å². The zero-order chi connectivity index (χ0) is 14.4. The Morgan fingerprint density at radius 2 is 1.90 bits per heavy atom. The number of aromatic nitrogens is 1. The molecule has 4 heteroatoms. The summed E-state index contributed by atoms with van der Waals surface area (Å²) in [5.41, 5.74) is 4.52. The molecule has 1 aliphatic heterocycles. The van der Waals surface area contributed by atoms with Crippen LogP contribution in [0, 0.1) is 5.82 Å². The molecule has 0 atom stereocenters. The Kier molecular flexibility index (Phi) is 2.72. The Bertz CT molecular complexity index is 821. The second-order valence-corrected chi connectivity index (χ2v) is 5.22. The largest absolute Gasteiger partial charge is 0.497 e. The van der Waals surface area contributed by atoms with E-state index in [1.165, 1.54) is 17.3 Å². The van der Waals surface area contributed by atoms with Crippen LogP contribution < -0.4 is 10.1 Å². The monoisotopic (exact) mass is 282 g/mol. The van der Waals surface area contributed by atoms with E-state index in [9.17, 15) is 4.39 Å². The highest BCUT2D eigenvalue weighted by Gasteiger charge is 2.22. The van der Waals surface area contributed by atoms with Crippen molar-refractivity contribution < 1.29 is 9.13 Å². The van der Waals surface area contributed by atoms with Crippen LogP contribution in [0.4, 0.5) is 4.39 Å². The standard InChI is InChI=1S/C17H15FN2O/c1-21-13-5-3-12(4-6-13)20-16-7-2-11(18)8-14(16)15-9-19-10-17(15)20/h2-8,19H,9-10H2,1H3. The third-order valence-corrected chi connectivity index (χ3v) is 4.07. The van der Waals surface area contributed by atoms with E-state index in [4.69, 9.17) is 4.74 Å². The molecule has 1 aromatic heterocycles. The predicted octanol–water partition coefficient (Wildman–Crippen LogP) is 3.38. The van der Waals surface area contributed by atoms with Crippen molar-refractivity contribution in [2.45, 2.75) is 13.1 Å². The van der Waals surface area contributed by atoms with Crippen LogP contribution in [0.3, 0.4) is 0 Å². The van der Waals surface area contributed by atoms with Gasteiger partial charge in [-0.05, 0) is 48.0 Å². The van der Waals surface area contributed by atoms with E-state index in [2.05, 4.69) is 9.88 Å². The van der Waals surface area contributed by atoms with Gasteiger partial charge in [-0.1, -0.05) is 0 Å². The molecule has 0 radical (unpaired) electrons. The zero-order valence-corrected chi connectivity index (χ0v) is 11.7. The van der Waals surface area contributed by atoms with Crippen LogP contribution in [0.15, 0.2) is 42.5 Å². The summed E-state index contributed by atoms with van der Waals surface area (Å²) < 4.78 is 21.0. The lowest BCUT2D eigenvalue weighted by molar-refractivity contribution is 0.415. The minimum absolute atomic E-state index is 0.191. The third-order valence-electron chi connectivity index (χ3n) is 4.07. The molecule has 0 saturated heterocycles. The molecule has 3 nitrogen and oxygen atoms in total. The number of methoxy groups -OCH3 is 1. The van der Waals surface area contributed by atoms with Crippen molar-refractivity contribution in [1.82, 2.24) is 9.88 Å². The summed E-state index contributed by atoms with van der Waals surface area (Å²) >= 11 is 0. The van der Waals surface area contributed by atoms with E-state index in [1.54, 1.807) is 13.2 Å². The van der Waals surface area contributed by atoms with E-state index < -0.39 is 0 Å². The molecule has 0 aliphatic carbocycles. The van der Waals surface area contributed by atoms with Gasteiger partial charge in [-0.25, -0.2) is 4.39 Å². The average Bonchev–Trinajstić information content (AvgIpc) is 3.08. The topological polar surface area (TPSA) is 26.2 Å². The lowest BCUT2D eigenvalue weighted by atomic mass is 10.1.